The fourth-order valence-electron chi connectivity index (χ4n) is 2.46. The van der Waals surface area contributed by atoms with Gasteiger partial charge in [0, 0.05) is 12.7 Å². The molecule has 2 heterocycles. The maximum absolute atomic E-state index is 12.6. The van der Waals surface area contributed by atoms with E-state index >= 15 is 0 Å². The molecule has 2 aromatic heterocycles. The highest BCUT2D eigenvalue weighted by Gasteiger charge is 2.28. The number of amides is 1. The van der Waals surface area contributed by atoms with Crippen LogP contribution in [0.2, 0.25) is 0 Å². The van der Waals surface area contributed by atoms with Crippen LogP contribution in [-0.4, -0.2) is 40.3 Å². The number of aryl methyl sites for hydroxylation is 1. The lowest BCUT2D eigenvalue weighted by atomic mass is 10.1. The number of aromatic nitrogens is 2. The van der Waals surface area contributed by atoms with Gasteiger partial charge in [-0.2, -0.15) is 5.10 Å². The molecular formula is C18H23N3O5S. The molecule has 0 spiro atoms. The van der Waals surface area contributed by atoms with Gasteiger partial charge in [0.1, 0.15) is 15.6 Å². The normalized spacial score (nSPS) is 10.7. The third kappa shape index (κ3) is 4.54. The van der Waals surface area contributed by atoms with E-state index in [1.807, 2.05) is 6.92 Å². The molecule has 0 bridgehead atoms. The van der Waals surface area contributed by atoms with Crippen molar-refractivity contribution in [1.82, 2.24) is 9.78 Å². The monoisotopic (exact) mass is 393 g/mol. The number of hydrogen-bond donors (Lipinski definition) is 1. The molecule has 0 saturated heterocycles. The predicted octanol–water partition coefficient (Wildman–Crippen LogP) is 3.27. The van der Waals surface area contributed by atoms with E-state index in [9.17, 15) is 14.4 Å². The van der Waals surface area contributed by atoms with E-state index < -0.39 is 17.8 Å². The van der Waals surface area contributed by atoms with Crippen molar-refractivity contribution >= 4 is 34.2 Å². The number of nitrogens with one attached hydrogen (secondary N) is 1. The number of carbonyl (C=O) groups excluding carboxylic acids is 3. The molecule has 0 aliphatic carbocycles. The van der Waals surface area contributed by atoms with Gasteiger partial charge >= 0.3 is 11.9 Å². The highest BCUT2D eigenvalue weighted by molar-refractivity contribution is 7.18. The Kier molecular flexibility index (Phi) is 6.73. The zero-order valence-corrected chi connectivity index (χ0v) is 16.8. The van der Waals surface area contributed by atoms with Gasteiger partial charge < -0.3 is 14.8 Å². The lowest BCUT2D eigenvalue weighted by molar-refractivity contribution is 0.0379. The van der Waals surface area contributed by atoms with Gasteiger partial charge in [-0.1, -0.05) is 0 Å². The third-order valence-electron chi connectivity index (χ3n) is 3.63. The number of rotatable bonds is 7. The number of anilines is 1. The van der Waals surface area contributed by atoms with E-state index in [-0.39, 0.29) is 28.2 Å². The van der Waals surface area contributed by atoms with E-state index in [0.717, 1.165) is 11.3 Å². The van der Waals surface area contributed by atoms with Gasteiger partial charge in [-0.05, 0) is 46.2 Å². The molecule has 27 heavy (non-hydrogen) atoms. The van der Waals surface area contributed by atoms with Crippen LogP contribution in [0.15, 0.2) is 12.3 Å². The fourth-order valence-corrected chi connectivity index (χ4v) is 3.54. The first-order valence-electron chi connectivity index (χ1n) is 8.64. The van der Waals surface area contributed by atoms with Crippen LogP contribution in [0.3, 0.4) is 0 Å². The fraction of sp³-hybridized carbons (Fsp3) is 0.444. The Morgan fingerprint density at radius 3 is 2.56 bits per heavy atom. The van der Waals surface area contributed by atoms with Crippen molar-refractivity contribution in [3.8, 4) is 0 Å². The minimum absolute atomic E-state index is 0.160. The molecule has 146 valence electrons. The first kappa shape index (κ1) is 20.6. The molecular weight excluding hydrogens is 370 g/mol. The van der Waals surface area contributed by atoms with Gasteiger partial charge in [0.05, 0.1) is 18.3 Å². The molecule has 0 saturated carbocycles. The summed E-state index contributed by atoms with van der Waals surface area (Å²) in [6, 6.07) is 1.58. The second kappa shape index (κ2) is 8.81. The average molecular weight is 393 g/mol. The van der Waals surface area contributed by atoms with Crippen molar-refractivity contribution in [2.45, 2.75) is 47.3 Å². The Balaban J connectivity index is 2.43. The van der Waals surface area contributed by atoms with Gasteiger partial charge in [0.15, 0.2) is 0 Å². The summed E-state index contributed by atoms with van der Waals surface area (Å²) in [5.41, 5.74) is 0.931. The summed E-state index contributed by atoms with van der Waals surface area (Å²) in [5, 5.41) is 7.02. The summed E-state index contributed by atoms with van der Waals surface area (Å²) in [4.78, 5) is 37.6. The minimum atomic E-state index is -0.603. The Bertz CT molecular complexity index is 853. The Morgan fingerprint density at radius 2 is 1.96 bits per heavy atom. The molecule has 0 aliphatic rings. The Morgan fingerprint density at radius 1 is 1.26 bits per heavy atom. The van der Waals surface area contributed by atoms with Crippen molar-refractivity contribution in [3.63, 3.8) is 0 Å². The highest BCUT2D eigenvalue weighted by Crippen LogP contribution is 2.34. The number of ether oxygens (including phenoxy) is 2. The lowest BCUT2D eigenvalue weighted by Crippen LogP contribution is -2.19. The van der Waals surface area contributed by atoms with Crippen molar-refractivity contribution in [3.05, 3.63) is 34.0 Å². The van der Waals surface area contributed by atoms with Gasteiger partial charge in [-0.15, -0.1) is 11.3 Å². The van der Waals surface area contributed by atoms with Crippen molar-refractivity contribution in [2.24, 2.45) is 0 Å². The zero-order chi connectivity index (χ0) is 20.1. The second-order valence-electron chi connectivity index (χ2n) is 5.92. The SMILES string of the molecule is CCOC(=O)c1sc(NC(=O)c2ccnn2CC)c(C(=O)OC(C)C)c1C. The molecule has 0 atom stereocenters. The second-order valence-corrected chi connectivity index (χ2v) is 6.94. The van der Waals surface area contributed by atoms with Crippen LogP contribution in [0.25, 0.3) is 0 Å². The van der Waals surface area contributed by atoms with E-state index in [4.69, 9.17) is 9.47 Å². The molecule has 0 unspecified atom stereocenters. The van der Waals surface area contributed by atoms with Gasteiger partial charge in [0.2, 0.25) is 0 Å². The minimum Gasteiger partial charge on any atom is -0.462 e. The zero-order valence-electron chi connectivity index (χ0n) is 16.0. The molecule has 0 fully saturated rings. The largest absolute Gasteiger partial charge is 0.462 e. The van der Waals surface area contributed by atoms with Gasteiger partial charge in [-0.3, -0.25) is 9.48 Å². The standard InChI is InChI=1S/C18H23N3O5S/c1-6-21-12(8-9-19-21)15(22)20-16-13(17(23)26-10(3)4)11(5)14(27-16)18(24)25-7-2/h8-10H,6-7H2,1-5H3,(H,20,22). The van der Waals surface area contributed by atoms with E-state index in [1.165, 1.54) is 10.9 Å². The number of carbonyl (C=O) groups is 3. The van der Waals surface area contributed by atoms with Crippen LogP contribution < -0.4 is 5.32 Å². The maximum atomic E-state index is 12.6. The van der Waals surface area contributed by atoms with E-state index in [0.29, 0.717) is 17.8 Å². The molecule has 2 aromatic rings. The third-order valence-corrected chi connectivity index (χ3v) is 4.82. The van der Waals surface area contributed by atoms with Crippen molar-refractivity contribution < 1.29 is 23.9 Å². The van der Waals surface area contributed by atoms with Crippen LogP contribution in [-0.2, 0) is 16.0 Å². The molecule has 1 amide bonds. The summed E-state index contributed by atoms with van der Waals surface area (Å²) in [7, 11) is 0. The molecule has 0 aromatic carbocycles. The topological polar surface area (TPSA) is 99.5 Å². The first-order chi connectivity index (χ1) is 12.8. The van der Waals surface area contributed by atoms with Crippen LogP contribution in [0.4, 0.5) is 5.00 Å². The maximum Gasteiger partial charge on any atom is 0.348 e. The molecule has 1 N–H and O–H groups in total. The summed E-state index contributed by atoms with van der Waals surface area (Å²) >= 11 is 0.992. The molecule has 8 nitrogen and oxygen atoms in total. The average Bonchev–Trinajstić information content (AvgIpc) is 3.18. The lowest BCUT2D eigenvalue weighted by Gasteiger charge is -2.10. The molecule has 9 heteroatoms. The summed E-state index contributed by atoms with van der Waals surface area (Å²) in [5.74, 6) is -1.57. The Hall–Kier alpha value is -2.68. The van der Waals surface area contributed by atoms with E-state index in [1.54, 1.807) is 33.8 Å². The summed E-state index contributed by atoms with van der Waals surface area (Å²) in [6.45, 7) is 9.38. The van der Waals surface area contributed by atoms with Crippen LogP contribution in [0, 0.1) is 6.92 Å². The van der Waals surface area contributed by atoms with E-state index in [2.05, 4.69) is 10.4 Å². The number of esters is 2. The number of hydrogen-bond acceptors (Lipinski definition) is 7. The Labute approximate surface area is 161 Å². The van der Waals surface area contributed by atoms with Gasteiger partial charge in [-0.25, -0.2) is 9.59 Å². The number of nitrogens with zero attached hydrogens (tertiary/aromatic N) is 2. The van der Waals surface area contributed by atoms with Crippen LogP contribution >= 0.6 is 11.3 Å². The van der Waals surface area contributed by atoms with Gasteiger partial charge in [0.25, 0.3) is 5.91 Å². The van der Waals surface area contributed by atoms with Crippen molar-refractivity contribution in [2.75, 3.05) is 11.9 Å². The smallest absolute Gasteiger partial charge is 0.348 e. The summed E-state index contributed by atoms with van der Waals surface area (Å²) in [6.07, 6.45) is 1.18. The van der Waals surface area contributed by atoms with Crippen LogP contribution in [0.1, 0.15) is 63.8 Å². The van der Waals surface area contributed by atoms with Crippen molar-refractivity contribution in [1.29, 1.82) is 0 Å². The quantitative estimate of drug-likeness (QED) is 0.725. The molecule has 2 rings (SSSR count). The summed E-state index contributed by atoms with van der Waals surface area (Å²) < 4.78 is 11.9. The molecule has 0 radical (unpaired) electrons. The van der Waals surface area contributed by atoms with Crippen LogP contribution in [0.5, 0.6) is 0 Å². The number of thiophene rings is 1. The first-order valence-corrected chi connectivity index (χ1v) is 9.46. The molecule has 0 aliphatic heterocycles. The highest BCUT2D eigenvalue weighted by atomic mass is 32.1. The predicted molar refractivity (Wildman–Crippen MR) is 101 cm³/mol.